The maximum atomic E-state index is 11.4. The van der Waals surface area contributed by atoms with Gasteiger partial charge in [0, 0.05) is 18.0 Å². The molecule has 1 heterocycles. The highest BCUT2D eigenvalue weighted by molar-refractivity contribution is 5.90. The molecular formula is C15H15NO2. The third kappa shape index (κ3) is 2.40. The van der Waals surface area contributed by atoms with Crippen molar-refractivity contribution in [2.45, 2.75) is 13.8 Å². The third-order valence-corrected chi connectivity index (χ3v) is 2.83. The van der Waals surface area contributed by atoms with Crippen LogP contribution in [0.3, 0.4) is 0 Å². The number of aromatic nitrogens is 1. The average molecular weight is 241 g/mol. The van der Waals surface area contributed by atoms with Gasteiger partial charge in [0.2, 0.25) is 0 Å². The summed E-state index contributed by atoms with van der Waals surface area (Å²) in [4.78, 5) is 15.6. The molecule has 0 atom stereocenters. The van der Waals surface area contributed by atoms with Crippen molar-refractivity contribution >= 4 is 5.97 Å². The summed E-state index contributed by atoms with van der Waals surface area (Å²) >= 11 is 0. The van der Waals surface area contributed by atoms with E-state index in [1.54, 1.807) is 6.07 Å². The Kier molecular flexibility index (Phi) is 3.42. The van der Waals surface area contributed by atoms with E-state index in [2.05, 4.69) is 11.1 Å². The maximum Gasteiger partial charge on any atom is 0.337 e. The van der Waals surface area contributed by atoms with Gasteiger partial charge in [-0.05, 0) is 48.7 Å². The van der Waals surface area contributed by atoms with Crippen molar-refractivity contribution in [1.82, 2.24) is 4.98 Å². The summed E-state index contributed by atoms with van der Waals surface area (Å²) in [6.07, 6.45) is 3.65. The number of carbonyl (C=O) groups excluding carboxylic acids is 1. The van der Waals surface area contributed by atoms with Crippen LogP contribution in [0.2, 0.25) is 0 Å². The van der Waals surface area contributed by atoms with Crippen LogP contribution in [0.25, 0.3) is 11.1 Å². The fourth-order valence-electron chi connectivity index (χ4n) is 1.93. The van der Waals surface area contributed by atoms with Crippen LogP contribution in [0.4, 0.5) is 0 Å². The van der Waals surface area contributed by atoms with Crippen molar-refractivity contribution < 1.29 is 9.53 Å². The lowest BCUT2D eigenvalue weighted by molar-refractivity contribution is 0.0600. The summed E-state index contributed by atoms with van der Waals surface area (Å²) in [7, 11) is 1.38. The van der Waals surface area contributed by atoms with Crippen molar-refractivity contribution in [3.8, 4) is 11.1 Å². The van der Waals surface area contributed by atoms with Crippen LogP contribution < -0.4 is 0 Å². The molecular weight excluding hydrogens is 226 g/mol. The number of benzene rings is 1. The zero-order valence-corrected chi connectivity index (χ0v) is 10.7. The van der Waals surface area contributed by atoms with Gasteiger partial charge in [0.05, 0.1) is 12.7 Å². The lowest BCUT2D eigenvalue weighted by atomic mass is 9.99. The Balaban J connectivity index is 2.45. The van der Waals surface area contributed by atoms with E-state index in [1.165, 1.54) is 7.11 Å². The number of hydrogen-bond acceptors (Lipinski definition) is 3. The van der Waals surface area contributed by atoms with E-state index in [-0.39, 0.29) is 5.97 Å². The van der Waals surface area contributed by atoms with E-state index in [0.29, 0.717) is 5.56 Å². The van der Waals surface area contributed by atoms with E-state index in [0.717, 1.165) is 22.3 Å². The number of aryl methyl sites for hydroxylation is 2. The summed E-state index contributed by atoms with van der Waals surface area (Å²) < 4.78 is 4.70. The monoisotopic (exact) mass is 241 g/mol. The number of pyridine rings is 1. The molecule has 18 heavy (non-hydrogen) atoms. The van der Waals surface area contributed by atoms with Crippen molar-refractivity contribution in [2.24, 2.45) is 0 Å². The number of esters is 1. The lowest BCUT2D eigenvalue weighted by Gasteiger charge is -2.08. The molecule has 0 saturated heterocycles. The Labute approximate surface area is 106 Å². The van der Waals surface area contributed by atoms with Crippen LogP contribution in [0.5, 0.6) is 0 Å². The van der Waals surface area contributed by atoms with Crippen molar-refractivity contribution in [3.63, 3.8) is 0 Å². The molecule has 3 heteroatoms. The van der Waals surface area contributed by atoms with E-state index in [1.807, 2.05) is 38.4 Å². The van der Waals surface area contributed by atoms with Crippen LogP contribution >= 0.6 is 0 Å². The average Bonchev–Trinajstić information content (AvgIpc) is 2.37. The van der Waals surface area contributed by atoms with E-state index in [9.17, 15) is 4.79 Å². The van der Waals surface area contributed by atoms with Gasteiger partial charge in [-0.3, -0.25) is 4.98 Å². The molecule has 3 nitrogen and oxygen atoms in total. The first kappa shape index (κ1) is 12.3. The van der Waals surface area contributed by atoms with Gasteiger partial charge in [0.1, 0.15) is 0 Å². The first-order valence-corrected chi connectivity index (χ1v) is 5.73. The largest absolute Gasteiger partial charge is 0.465 e. The predicted molar refractivity (Wildman–Crippen MR) is 70.5 cm³/mol. The fraction of sp³-hybridized carbons (Fsp3) is 0.200. The molecule has 0 unspecified atom stereocenters. The van der Waals surface area contributed by atoms with Crippen LogP contribution in [0, 0.1) is 13.8 Å². The third-order valence-electron chi connectivity index (χ3n) is 2.83. The molecule has 0 aliphatic heterocycles. The summed E-state index contributed by atoms with van der Waals surface area (Å²) in [6, 6.07) is 7.62. The second-order valence-electron chi connectivity index (χ2n) is 4.27. The quantitative estimate of drug-likeness (QED) is 0.758. The Morgan fingerprint density at radius 1 is 1.17 bits per heavy atom. The van der Waals surface area contributed by atoms with E-state index < -0.39 is 0 Å². The Morgan fingerprint density at radius 3 is 2.56 bits per heavy atom. The molecule has 2 rings (SSSR count). The molecule has 1 aromatic carbocycles. The predicted octanol–water partition coefficient (Wildman–Crippen LogP) is 3.15. The first-order chi connectivity index (χ1) is 8.61. The molecule has 0 spiro atoms. The van der Waals surface area contributed by atoms with Crippen molar-refractivity contribution in [1.29, 1.82) is 0 Å². The lowest BCUT2D eigenvalue weighted by Crippen LogP contribution is -2.01. The smallest absolute Gasteiger partial charge is 0.337 e. The Hall–Kier alpha value is -2.16. The fourth-order valence-corrected chi connectivity index (χ4v) is 1.93. The molecule has 0 aliphatic rings. The van der Waals surface area contributed by atoms with Crippen molar-refractivity contribution in [2.75, 3.05) is 7.11 Å². The molecule has 0 amide bonds. The van der Waals surface area contributed by atoms with Crippen LogP contribution in [0.1, 0.15) is 21.5 Å². The highest BCUT2D eigenvalue weighted by atomic mass is 16.5. The zero-order valence-electron chi connectivity index (χ0n) is 10.7. The molecule has 92 valence electrons. The molecule has 0 saturated carbocycles. The molecule has 0 aliphatic carbocycles. The second kappa shape index (κ2) is 5.00. The summed E-state index contributed by atoms with van der Waals surface area (Å²) in [5.41, 5.74) is 4.86. The van der Waals surface area contributed by atoms with E-state index >= 15 is 0 Å². The van der Waals surface area contributed by atoms with Gasteiger partial charge >= 0.3 is 5.97 Å². The number of methoxy groups -OCH3 is 1. The number of carbonyl (C=O) groups is 1. The topological polar surface area (TPSA) is 39.2 Å². The summed E-state index contributed by atoms with van der Waals surface area (Å²) in [6.45, 7) is 3.98. The van der Waals surface area contributed by atoms with Gasteiger partial charge in [-0.15, -0.1) is 0 Å². The number of hydrogen-bond donors (Lipinski definition) is 0. The summed E-state index contributed by atoms with van der Waals surface area (Å²) in [5, 5.41) is 0. The minimum absolute atomic E-state index is 0.313. The molecule has 0 radical (unpaired) electrons. The molecule has 2 aromatic rings. The SMILES string of the molecule is COC(=O)c1ccc(-c2cncc(C)c2)c(C)c1. The number of nitrogens with zero attached hydrogens (tertiary/aromatic N) is 1. The minimum atomic E-state index is -0.313. The molecule has 0 N–H and O–H groups in total. The van der Waals surface area contributed by atoms with Gasteiger partial charge in [-0.2, -0.15) is 0 Å². The Bertz CT molecular complexity index is 591. The van der Waals surface area contributed by atoms with E-state index in [4.69, 9.17) is 4.74 Å². The zero-order chi connectivity index (χ0) is 13.1. The highest BCUT2D eigenvalue weighted by Gasteiger charge is 2.08. The standard InChI is InChI=1S/C15H15NO2/c1-10-6-13(9-16-8-10)14-5-4-12(7-11(14)2)15(17)18-3/h4-9H,1-3H3. The van der Waals surface area contributed by atoms with Crippen LogP contribution in [-0.2, 0) is 4.74 Å². The van der Waals surface area contributed by atoms with Crippen molar-refractivity contribution in [3.05, 3.63) is 53.3 Å². The van der Waals surface area contributed by atoms with Gasteiger partial charge in [-0.25, -0.2) is 4.79 Å². The summed E-state index contributed by atoms with van der Waals surface area (Å²) in [5.74, 6) is -0.313. The van der Waals surface area contributed by atoms with Gasteiger partial charge in [0.25, 0.3) is 0 Å². The minimum Gasteiger partial charge on any atom is -0.465 e. The number of ether oxygens (including phenoxy) is 1. The normalized spacial score (nSPS) is 10.2. The first-order valence-electron chi connectivity index (χ1n) is 5.73. The van der Waals surface area contributed by atoms with Gasteiger partial charge in [-0.1, -0.05) is 6.07 Å². The van der Waals surface area contributed by atoms with Gasteiger partial charge in [0.15, 0.2) is 0 Å². The highest BCUT2D eigenvalue weighted by Crippen LogP contribution is 2.24. The van der Waals surface area contributed by atoms with Crippen LogP contribution in [-0.4, -0.2) is 18.1 Å². The van der Waals surface area contributed by atoms with Crippen LogP contribution in [0.15, 0.2) is 36.7 Å². The maximum absolute atomic E-state index is 11.4. The molecule has 0 bridgehead atoms. The molecule has 0 fully saturated rings. The molecule has 1 aromatic heterocycles. The Morgan fingerprint density at radius 2 is 1.94 bits per heavy atom. The van der Waals surface area contributed by atoms with Gasteiger partial charge < -0.3 is 4.74 Å². The number of rotatable bonds is 2. The second-order valence-corrected chi connectivity index (χ2v) is 4.27.